The molecule has 0 saturated heterocycles. The summed E-state index contributed by atoms with van der Waals surface area (Å²) in [5.41, 5.74) is 1.33. The van der Waals surface area contributed by atoms with Crippen LogP contribution in [0.25, 0.3) is 0 Å². The first-order valence-corrected chi connectivity index (χ1v) is 8.65. The summed E-state index contributed by atoms with van der Waals surface area (Å²) in [6, 6.07) is 6.91. The number of hydrogen-bond acceptors (Lipinski definition) is 1. The van der Waals surface area contributed by atoms with Crippen molar-refractivity contribution in [1.29, 1.82) is 0 Å². The average Bonchev–Trinajstić information content (AvgIpc) is 3.10. The third-order valence-electron chi connectivity index (χ3n) is 4.79. The summed E-state index contributed by atoms with van der Waals surface area (Å²) < 4.78 is 0. The molecule has 0 amide bonds. The summed E-state index contributed by atoms with van der Waals surface area (Å²) in [5, 5.41) is 5.06. The molecule has 2 fully saturated rings. The molecule has 0 spiro atoms. The molecule has 1 N–H and O–H groups in total. The van der Waals surface area contributed by atoms with E-state index in [1.807, 2.05) is 12.1 Å². The first kappa shape index (κ1) is 14.7. The van der Waals surface area contributed by atoms with Crippen molar-refractivity contribution in [2.24, 2.45) is 11.8 Å². The second-order valence-corrected chi connectivity index (χ2v) is 7.25. The molecule has 2 aliphatic rings. The van der Waals surface area contributed by atoms with Gasteiger partial charge in [-0.2, -0.15) is 0 Å². The van der Waals surface area contributed by atoms with Crippen molar-refractivity contribution < 1.29 is 0 Å². The molecule has 1 aromatic carbocycles. The zero-order valence-electron chi connectivity index (χ0n) is 11.9. The van der Waals surface area contributed by atoms with Crippen LogP contribution < -0.4 is 5.32 Å². The van der Waals surface area contributed by atoms with Gasteiger partial charge in [-0.15, -0.1) is 0 Å². The van der Waals surface area contributed by atoms with Crippen LogP contribution >= 0.6 is 23.2 Å². The van der Waals surface area contributed by atoms with Crippen molar-refractivity contribution in [3.05, 3.63) is 33.8 Å². The lowest BCUT2D eigenvalue weighted by molar-refractivity contribution is 0.320. The van der Waals surface area contributed by atoms with Crippen molar-refractivity contribution in [3.63, 3.8) is 0 Å². The molecule has 0 bridgehead atoms. The molecule has 1 nitrogen and oxygen atoms in total. The van der Waals surface area contributed by atoms with Crippen LogP contribution in [0.4, 0.5) is 0 Å². The Kier molecular flexibility index (Phi) is 4.91. The van der Waals surface area contributed by atoms with Gasteiger partial charge in [0, 0.05) is 6.04 Å². The molecule has 2 aliphatic carbocycles. The second kappa shape index (κ2) is 6.68. The maximum Gasteiger partial charge on any atom is 0.0595 e. The van der Waals surface area contributed by atoms with Crippen LogP contribution in [0.5, 0.6) is 0 Å². The van der Waals surface area contributed by atoms with E-state index in [1.165, 1.54) is 44.1 Å². The molecule has 0 heterocycles. The van der Waals surface area contributed by atoms with Crippen molar-refractivity contribution in [3.8, 4) is 0 Å². The minimum Gasteiger partial charge on any atom is -0.314 e. The summed E-state index contributed by atoms with van der Waals surface area (Å²) in [6.07, 6.45) is 9.48. The fourth-order valence-electron chi connectivity index (χ4n) is 3.41. The van der Waals surface area contributed by atoms with E-state index >= 15 is 0 Å². The van der Waals surface area contributed by atoms with Crippen LogP contribution in [-0.4, -0.2) is 12.6 Å². The van der Waals surface area contributed by atoms with Crippen LogP contribution in [0.1, 0.15) is 44.1 Å². The molecular weight excluding hydrogens is 289 g/mol. The third kappa shape index (κ3) is 3.90. The van der Waals surface area contributed by atoms with Gasteiger partial charge in [0.05, 0.1) is 10.0 Å². The zero-order chi connectivity index (χ0) is 13.9. The van der Waals surface area contributed by atoms with E-state index < -0.39 is 0 Å². The van der Waals surface area contributed by atoms with Gasteiger partial charge in [0.15, 0.2) is 0 Å². The standard InChI is InChI=1S/C17H23Cl2N/c18-16-8-5-12(10-17(16)19)9-14(11-20-15-6-7-15)13-3-1-2-4-13/h5,8,10,13-15,20H,1-4,6-7,9,11H2. The molecule has 1 aromatic rings. The average molecular weight is 312 g/mol. The summed E-state index contributed by atoms with van der Waals surface area (Å²) in [7, 11) is 0. The smallest absolute Gasteiger partial charge is 0.0595 e. The van der Waals surface area contributed by atoms with Crippen molar-refractivity contribution in [1.82, 2.24) is 5.32 Å². The molecule has 1 unspecified atom stereocenters. The van der Waals surface area contributed by atoms with Gasteiger partial charge < -0.3 is 5.32 Å². The van der Waals surface area contributed by atoms with E-state index in [-0.39, 0.29) is 0 Å². The minimum absolute atomic E-state index is 0.656. The van der Waals surface area contributed by atoms with Gasteiger partial charge in [-0.05, 0) is 55.3 Å². The Balaban J connectivity index is 1.65. The molecule has 20 heavy (non-hydrogen) atoms. The maximum absolute atomic E-state index is 6.15. The predicted octanol–water partition coefficient (Wildman–Crippen LogP) is 5.09. The van der Waals surface area contributed by atoms with E-state index in [1.54, 1.807) is 0 Å². The van der Waals surface area contributed by atoms with E-state index in [2.05, 4.69) is 11.4 Å². The normalized spacial score (nSPS) is 21.3. The van der Waals surface area contributed by atoms with Gasteiger partial charge in [-0.3, -0.25) is 0 Å². The molecule has 3 rings (SSSR count). The van der Waals surface area contributed by atoms with E-state index in [4.69, 9.17) is 23.2 Å². The highest BCUT2D eigenvalue weighted by atomic mass is 35.5. The quantitative estimate of drug-likeness (QED) is 0.771. The van der Waals surface area contributed by atoms with Gasteiger partial charge in [-0.1, -0.05) is 55.0 Å². The van der Waals surface area contributed by atoms with Gasteiger partial charge in [0.2, 0.25) is 0 Å². The fourth-order valence-corrected chi connectivity index (χ4v) is 3.73. The highest BCUT2D eigenvalue weighted by Gasteiger charge is 2.28. The third-order valence-corrected chi connectivity index (χ3v) is 5.53. The van der Waals surface area contributed by atoms with Gasteiger partial charge >= 0.3 is 0 Å². The van der Waals surface area contributed by atoms with Crippen LogP contribution in [0.2, 0.25) is 10.0 Å². The highest BCUT2D eigenvalue weighted by molar-refractivity contribution is 6.42. The van der Waals surface area contributed by atoms with E-state index in [0.717, 1.165) is 30.8 Å². The Morgan fingerprint density at radius 2 is 1.80 bits per heavy atom. The maximum atomic E-state index is 6.15. The van der Waals surface area contributed by atoms with Gasteiger partial charge in [0.1, 0.15) is 0 Å². The van der Waals surface area contributed by atoms with Crippen LogP contribution in [0.15, 0.2) is 18.2 Å². The minimum atomic E-state index is 0.656. The Morgan fingerprint density at radius 3 is 2.45 bits per heavy atom. The van der Waals surface area contributed by atoms with Crippen molar-refractivity contribution >= 4 is 23.2 Å². The number of rotatable bonds is 6. The Labute approximate surface area is 132 Å². The molecular formula is C17H23Cl2N. The molecule has 0 aromatic heterocycles. The van der Waals surface area contributed by atoms with E-state index in [9.17, 15) is 0 Å². The van der Waals surface area contributed by atoms with Crippen LogP contribution in [0, 0.1) is 11.8 Å². The number of hydrogen-bond donors (Lipinski definition) is 1. The molecule has 3 heteroatoms. The monoisotopic (exact) mass is 311 g/mol. The summed E-state index contributed by atoms with van der Waals surface area (Å²) in [5.74, 6) is 1.63. The Morgan fingerprint density at radius 1 is 1.05 bits per heavy atom. The number of halogens is 2. The highest BCUT2D eigenvalue weighted by Crippen LogP contribution is 2.34. The zero-order valence-corrected chi connectivity index (χ0v) is 13.4. The molecule has 2 saturated carbocycles. The van der Waals surface area contributed by atoms with Gasteiger partial charge in [0.25, 0.3) is 0 Å². The molecule has 110 valence electrons. The first-order chi connectivity index (χ1) is 9.72. The topological polar surface area (TPSA) is 12.0 Å². The number of benzene rings is 1. The largest absolute Gasteiger partial charge is 0.314 e. The van der Waals surface area contributed by atoms with Crippen LogP contribution in [0.3, 0.4) is 0 Å². The number of nitrogens with one attached hydrogen (secondary N) is 1. The second-order valence-electron chi connectivity index (χ2n) is 6.44. The lowest BCUT2D eigenvalue weighted by atomic mass is 9.85. The lowest BCUT2D eigenvalue weighted by Crippen LogP contribution is -2.30. The van der Waals surface area contributed by atoms with Crippen molar-refractivity contribution in [2.45, 2.75) is 51.0 Å². The summed E-state index contributed by atoms with van der Waals surface area (Å²) in [6.45, 7) is 1.16. The van der Waals surface area contributed by atoms with Crippen LogP contribution in [-0.2, 0) is 6.42 Å². The Hall–Kier alpha value is -0.240. The molecule has 0 aliphatic heterocycles. The fraction of sp³-hybridized carbons (Fsp3) is 0.647. The summed E-state index contributed by atoms with van der Waals surface area (Å²) in [4.78, 5) is 0. The summed E-state index contributed by atoms with van der Waals surface area (Å²) >= 11 is 12.2. The van der Waals surface area contributed by atoms with Crippen molar-refractivity contribution in [2.75, 3.05) is 6.54 Å². The Bertz CT molecular complexity index is 450. The molecule has 1 atom stereocenters. The first-order valence-electron chi connectivity index (χ1n) is 7.89. The van der Waals surface area contributed by atoms with E-state index in [0.29, 0.717) is 10.0 Å². The predicted molar refractivity (Wildman–Crippen MR) is 86.6 cm³/mol. The molecule has 0 radical (unpaired) electrons. The lowest BCUT2D eigenvalue weighted by Gasteiger charge is -2.24. The van der Waals surface area contributed by atoms with Gasteiger partial charge in [-0.25, -0.2) is 0 Å². The SMILES string of the molecule is Clc1ccc(CC(CNC2CC2)C2CCCC2)cc1Cl.